The van der Waals surface area contributed by atoms with E-state index in [0.717, 1.165) is 33.6 Å². The zero-order valence-corrected chi connectivity index (χ0v) is 23.0. The summed E-state index contributed by atoms with van der Waals surface area (Å²) >= 11 is 4.24. The summed E-state index contributed by atoms with van der Waals surface area (Å²) in [6.07, 6.45) is 1.81. The molecule has 1 aromatic carbocycles. The molecule has 0 spiro atoms. The highest BCUT2D eigenvalue weighted by Gasteiger charge is 2.30. The average molecular weight is 640 g/mol. The van der Waals surface area contributed by atoms with Crippen LogP contribution in [-0.2, 0) is 17.9 Å². The third kappa shape index (κ3) is 3.44. The van der Waals surface area contributed by atoms with Gasteiger partial charge in [-0.25, -0.2) is 4.98 Å². The summed E-state index contributed by atoms with van der Waals surface area (Å²) in [4.78, 5) is 18.4. The second-order valence-corrected chi connectivity index (χ2v) is 8.75. The highest BCUT2D eigenvalue weighted by atomic mass is 128. The number of allylic oxidation sites excluding steroid dienone is 1. The zero-order valence-electron chi connectivity index (χ0n) is 18.7. The molecule has 0 fully saturated rings. The predicted octanol–water partition coefficient (Wildman–Crippen LogP) is 6.96. The summed E-state index contributed by atoms with van der Waals surface area (Å²) in [6.45, 7) is 13.8. The van der Waals surface area contributed by atoms with Gasteiger partial charge in [-0.1, -0.05) is 13.8 Å². The molecule has 0 radical (unpaired) electrons. The Morgan fingerprint density at radius 2 is 1.74 bits per heavy atom. The van der Waals surface area contributed by atoms with Crippen LogP contribution in [0.4, 0.5) is 0 Å². The molecule has 0 amide bonds. The van der Waals surface area contributed by atoms with Gasteiger partial charge in [0.25, 0.3) is 5.56 Å². The SMILES string of the molecule is Cc1cc2nc3c(c(C)c2c(C)c1C)Cn1c-3cc2c(c1=O)COC=C2C(C)C.II. The van der Waals surface area contributed by atoms with Crippen LogP contribution >= 0.6 is 37.2 Å². The first-order valence-corrected chi connectivity index (χ1v) is 16.7. The summed E-state index contributed by atoms with van der Waals surface area (Å²) in [5.74, 6) is 0.289. The van der Waals surface area contributed by atoms with Crippen LogP contribution in [0.1, 0.15) is 52.8 Å². The first-order valence-electron chi connectivity index (χ1n) is 10.4. The molecule has 0 atom stereocenters. The molecule has 0 aliphatic carbocycles. The van der Waals surface area contributed by atoms with Crippen molar-refractivity contribution in [1.29, 1.82) is 0 Å². The van der Waals surface area contributed by atoms with Crippen molar-refractivity contribution in [2.45, 2.75) is 54.7 Å². The number of hydrogen-bond donors (Lipinski definition) is 0. The standard InChI is InChI=1S/C25H26N2O2.I2/c1-12(2)19-10-29-11-20-17(19)8-22-24-18(9-27(22)25(20)28)16(6)23-15(5)14(4)13(3)7-21(23)26-24;1-2/h7-8,10,12H,9,11H2,1-6H3;. The maximum absolute atomic E-state index is 13.3. The second-order valence-electron chi connectivity index (χ2n) is 8.75. The lowest BCUT2D eigenvalue weighted by atomic mass is 9.91. The van der Waals surface area contributed by atoms with Crippen molar-refractivity contribution >= 4 is 53.7 Å². The Bertz CT molecular complexity index is 1320. The number of rotatable bonds is 1. The van der Waals surface area contributed by atoms with Crippen LogP contribution < -0.4 is 5.56 Å². The molecule has 2 aliphatic rings. The van der Waals surface area contributed by atoms with E-state index in [2.05, 4.69) is 90.9 Å². The summed E-state index contributed by atoms with van der Waals surface area (Å²) in [5, 5.41) is 1.23. The van der Waals surface area contributed by atoms with Crippen molar-refractivity contribution in [3.05, 3.63) is 67.7 Å². The average Bonchev–Trinajstić information content (AvgIpc) is 3.12. The van der Waals surface area contributed by atoms with Crippen molar-refractivity contribution in [2.75, 3.05) is 0 Å². The second kappa shape index (κ2) is 8.50. The van der Waals surface area contributed by atoms with Gasteiger partial charge in [0.2, 0.25) is 0 Å². The fraction of sp³-hybridized carbons (Fsp3) is 0.360. The van der Waals surface area contributed by atoms with E-state index in [-0.39, 0.29) is 11.5 Å². The monoisotopic (exact) mass is 640 g/mol. The number of nitrogens with zero attached hydrogens (tertiary/aromatic N) is 2. The lowest BCUT2D eigenvalue weighted by molar-refractivity contribution is 0.228. The van der Waals surface area contributed by atoms with Gasteiger partial charge in [0.15, 0.2) is 0 Å². The van der Waals surface area contributed by atoms with E-state index >= 15 is 0 Å². The maximum atomic E-state index is 13.3. The minimum Gasteiger partial charge on any atom is -0.496 e. The number of aromatic nitrogens is 2. The summed E-state index contributed by atoms with van der Waals surface area (Å²) < 4.78 is 7.50. The largest absolute Gasteiger partial charge is 0.496 e. The number of halogens is 2. The van der Waals surface area contributed by atoms with E-state index in [4.69, 9.17) is 9.72 Å². The smallest absolute Gasteiger partial charge is 0.258 e. The molecule has 31 heavy (non-hydrogen) atoms. The van der Waals surface area contributed by atoms with E-state index in [0.29, 0.717) is 13.2 Å². The fourth-order valence-electron chi connectivity index (χ4n) is 4.87. The molecule has 0 bridgehead atoms. The van der Waals surface area contributed by atoms with Gasteiger partial charge in [0.05, 0.1) is 35.3 Å². The number of fused-ring (bicyclic) bond motifs is 5. The van der Waals surface area contributed by atoms with Gasteiger partial charge < -0.3 is 9.30 Å². The van der Waals surface area contributed by atoms with Crippen molar-refractivity contribution < 1.29 is 4.74 Å². The molecule has 4 nitrogen and oxygen atoms in total. The maximum Gasteiger partial charge on any atom is 0.258 e. The van der Waals surface area contributed by atoms with Gasteiger partial charge in [-0.2, -0.15) is 0 Å². The molecule has 3 aromatic rings. The van der Waals surface area contributed by atoms with Gasteiger partial charge >= 0.3 is 0 Å². The minimum atomic E-state index is 0.0503. The van der Waals surface area contributed by atoms with Crippen LogP contribution in [0.25, 0.3) is 27.9 Å². The van der Waals surface area contributed by atoms with Crippen LogP contribution in [0, 0.1) is 33.6 Å². The summed E-state index contributed by atoms with van der Waals surface area (Å²) in [6, 6.07) is 4.33. The van der Waals surface area contributed by atoms with E-state index in [1.807, 2.05) is 10.8 Å². The normalized spacial score (nSPS) is 13.8. The highest BCUT2D eigenvalue weighted by molar-refractivity contribution is 15.0. The topological polar surface area (TPSA) is 44.1 Å². The Labute approximate surface area is 206 Å². The van der Waals surface area contributed by atoms with Crippen molar-refractivity contribution in [3.8, 4) is 11.4 Å². The Kier molecular flexibility index (Phi) is 6.24. The molecule has 0 N–H and O–H groups in total. The molecule has 0 saturated heterocycles. The Morgan fingerprint density at radius 3 is 2.42 bits per heavy atom. The Balaban J connectivity index is 0.00000112. The molecule has 5 rings (SSSR count). The third-order valence-electron chi connectivity index (χ3n) is 6.81. The van der Waals surface area contributed by atoms with E-state index < -0.39 is 0 Å². The van der Waals surface area contributed by atoms with Gasteiger partial charge in [0, 0.05) is 48.2 Å². The van der Waals surface area contributed by atoms with Crippen LogP contribution in [-0.4, -0.2) is 9.55 Å². The number of hydrogen-bond acceptors (Lipinski definition) is 3. The zero-order chi connectivity index (χ0) is 22.6. The van der Waals surface area contributed by atoms with Crippen LogP contribution in [0.5, 0.6) is 0 Å². The molecule has 0 saturated carbocycles. The first-order chi connectivity index (χ1) is 14.8. The first kappa shape index (κ1) is 22.8. The van der Waals surface area contributed by atoms with Gasteiger partial charge in [-0.15, -0.1) is 0 Å². The quantitative estimate of drug-likeness (QED) is 0.212. The van der Waals surface area contributed by atoms with E-state index in [9.17, 15) is 4.79 Å². The van der Waals surface area contributed by atoms with Gasteiger partial charge in [0.1, 0.15) is 6.61 Å². The molecule has 6 heteroatoms. The number of ether oxygens (including phenoxy) is 1. The minimum absolute atomic E-state index is 0.0503. The van der Waals surface area contributed by atoms with Crippen molar-refractivity contribution in [2.24, 2.45) is 5.92 Å². The van der Waals surface area contributed by atoms with E-state index in [1.165, 1.54) is 33.2 Å². The van der Waals surface area contributed by atoms with Gasteiger partial charge in [-0.05, 0) is 79.1 Å². The van der Waals surface area contributed by atoms with Gasteiger partial charge in [-0.3, -0.25) is 4.79 Å². The highest BCUT2D eigenvalue weighted by Crippen LogP contribution is 2.39. The molecule has 4 heterocycles. The van der Waals surface area contributed by atoms with Crippen molar-refractivity contribution in [1.82, 2.24) is 9.55 Å². The molecular weight excluding hydrogens is 614 g/mol. The lowest BCUT2D eigenvalue weighted by Gasteiger charge is -2.21. The van der Waals surface area contributed by atoms with Crippen LogP contribution in [0.3, 0.4) is 0 Å². The molecule has 2 aliphatic heterocycles. The molecule has 162 valence electrons. The molecule has 0 unspecified atom stereocenters. The summed E-state index contributed by atoms with van der Waals surface area (Å²) in [5.41, 5.74) is 12.1. The molecule has 2 aromatic heterocycles. The number of benzene rings is 1. The fourth-order valence-corrected chi connectivity index (χ4v) is 4.87. The Morgan fingerprint density at radius 1 is 1.03 bits per heavy atom. The predicted molar refractivity (Wildman–Crippen MR) is 145 cm³/mol. The molecular formula is C25H26I2N2O2. The van der Waals surface area contributed by atoms with Crippen molar-refractivity contribution in [3.63, 3.8) is 0 Å². The number of pyridine rings is 2. The van der Waals surface area contributed by atoms with Crippen LogP contribution in [0.2, 0.25) is 0 Å². The Hall–Kier alpha value is -1.42. The van der Waals surface area contributed by atoms with E-state index in [1.54, 1.807) is 0 Å². The van der Waals surface area contributed by atoms with Crippen LogP contribution in [0.15, 0.2) is 23.2 Å². The third-order valence-corrected chi connectivity index (χ3v) is 6.81. The summed E-state index contributed by atoms with van der Waals surface area (Å²) in [7, 11) is 0. The lowest BCUT2D eigenvalue weighted by Crippen LogP contribution is -2.26. The number of aryl methyl sites for hydroxylation is 3.